The van der Waals surface area contributed by atoms with Gasteiger partial charge < -0.3 is 9.64 Å². The lowest BCUT2D eigenvalue weighted by atomic mass is 10.2. The van der Waals surface area contributed by atoms with Crippen LogP contribution >= 0.6 is 11.3 Å². The minimum Gasteiger partial charge on any atom is -0.465 e. The van der Waals surface area contributed by atoms with Gasteiger partial charge in [0.15, 0.2) is 11.6 Å². The van der Waals surface area contributed by atoms with Crippen molar-refractivity contribution in [2.45, 2.75) is 6.92 Å². The summed E-state index contributed by atoms with van der Waals surface area (Å²) in [5.41, 5.74) is 1.69. The van der Waals surface area contributed by atoms with Gasteiger partial charge in [0.2, 0.25) is 0 Å². The van der Waals surface area contributed by atoms with Gasteiger partial charge >= 0.3 is 5.97 Å². The van der Waals surface area contributed by atoms with Crippen molar-refractivity contribution in [1.82, 2.24) is 14.9 Å². The Balaban J connectivity index is 2.27. The fourth-order valence-electron chi connectivity index (χ4n) is 2.39. The van der Waals surface area contributed by atoms with E-state index in [0.29, 0.717) is 16.5 Å². The highest BCUT2D eigenvalue weighted by Crippen LogP contribution is 2.36. The summed E-state index contributed by atoms with van der Waals surface area (Å²) in [6.07, 6.45) is 1.69. The number of nitrogens with zero attached hydrogens (tertiary/aromatic N) is 4. The minimum absolute atomic E-state index is 0.371. The van der Waals surface area contributed by atoms with Crippen LogP contribution in [0.4, 0.5) is 5.82 Å². The molecule has 0 saturated carbocycles. The summed E-state index contributed by atoms with van der Waals surface area (Å²) in [5.74, 6) is 0.752. The molecular formula is C18H18N4O2S. The van der Waals surface area contributed by atoms with E-state index in [1.54, 1.807) is 6.34 Å². The zero-order chi connectivity index (χ0) is 18.0. The number of thiophene rings is 1. The molecule has 0 bridgehead atoms. The average Bonchev–Trinajstić information content (AvgIpc) is 2.96. The first-order valence-electron chi connectivity index (χ1n) is 7.66. The molecule has 2 heterocycles. The monoisotopic (exact) mass is 354 g/mol. The van der Waals surface area contributed by atoms with E-state index in [1.165, 1.54) is 18.4 Å². The molecule has 0 atom stereocenters. The number of hydrogen-bond donors (Lipinski definition) is 0. The van der Waals surface area contributed by atoms with E-state index in [2.05, 4.69) is 15.0 Å². The second kappa shape index (κ2) is 6.98. The molecule has 1 aromatic carbocycles. The second-order valence-corrected chi connectivity index (χ2v) is 6.67. The predicted octanol–water partition coefficient (Wildman–Crippen LogP) is 3.67. The summed E-state index contributed by atoms with van der Waals surface area (Å²) in [4.78, 5) is 28.9. The number of esters is 1. The van der Waals surface area contributed by atoms with Crippen molar-refractivity contribution >= 4 is 39.7 Å². The number of carbonyl (C=O) groups is 1. The number of aryl methyl sites for hydroxylation is 1. The summed E-state index contributed by atoms with van der Waals surface area (Å²) < 4.78 is 4.88. The van der Waals surface area contributed by atoms with Crippen LogP contribution in [0.2, 0.25) is 0 Å². The van der Waals surface area contributed by atoms with Gasteiger partial charge in [0.1, 0.15) is 9.71 Å². The number of rotatable bonds is 4. The Morgan fingerprint density at radius 1 is 1.24 bits per heavy atom. The third-order valence-electron chi connectivity index (χ3n) is 3.58. The van der Waals surface area contributed by atoms with Gasteiger partial charge in [-0.05, 0) is 12.5 Å². The number of methoxy groups -OCH3 is 1. The molecule has 3 aromatic rings. The highest BCUT2D eigenvalue weighted by molar-refractivity contribution is 7.20. The first-order valence-corrected chi connectivity index (χ1v) is 8.48. The van der Waals surface area contributed by atoms with Crippen LogP contribution in [0.5, 0.6) is 0 Å². The van der Waals surface area contributed by atoms with Gasteiger partial charge in [-0.15, -0.1) is 11.3 Å². The molecule has 0 N–H and O–H groups in total. The average molecular weight is 354 g/mol. The van der Waals surface area contributed by atoms with E-state index < -0.39 is 0 Å². The van der Waals surface area contributed by atoms with Crippen LogP contribution in [0.3, 0.4) is 0 Å². The first kappa shape index (κ1) is 17.0. The van der Waals surface area contributed by atoms with Gasteiger partial charge in [-0.1, -0.05) is 30.3 Å². The number of aromatic nitrogens is 2. The van der Waals surface area contributed by atoms with E-state index in [4.69, 9.17) is 4.74 Å². The Bertz CT molecular complexity index is 949. The highest BCUT2D eigenvalue weighted by atomic mass is 32.1. The number of fused-ring (bicyclic) bond motifs is 1. The van der Waals surface area contributed by atoms with Crippen LogP contribution < -0.4 is 0 Å². The maximum absolute atomic E-state index is 12.0. The number of hydrogen-bond acceptors (Lipinski definition) is 6. The van der Waals surface area contributed by atoms with Crippen LogP contribution in [0.25, 0.3) is 21.6 Å². The Morgan fingerprint density at radius 2 is 1.96 bits per heavy atom. The Hall–Kier alpha value is -2.80. The quantitative estimate of drug-likeness (QED) is 0.406. The summed E-state index contributed by atoms with van der Waals surface area (Å²) in [6.45, 7) is 1.87. The third-order valence-corrected chi connectivity index (χ3v) is 4.75. The van der Waals surface area contributed by atoms with E-state index >= 15 is 0 Å². The van der Waals surface area contributed by atoms with Crippen molar-refractivity contribution in [3.63, 3.8) is 0 Å². The molecule has 25 heavy (non-hydrogen) atoms. The molecule has 6 nitrogen and oxygen atoms in total. The van der Waals surface area contributed by atoms with Gasteiger partial charge in [0.25, 0.3) is 0 Å². The van der Waals surface area contributed by atoms with Crippen molar-refractivity contribution < 1.29 is 9.53 Å². The molecule has 7 heteroatoms. The van der Waals surface area contributed by atoms with Crippen LogP contribution in [-0.4, -0.2) is 48.4 Å². The van der Waals surface area contributed by atoms with Crippen LogP contribution in [-0.2, 0) is 4.74 Å². The smallest absolute Gasteiger partial charge is 0.348 e. The van der Waals surface area contributed by atoms with E-state index in [1.807, 2.05) is 56.3 Å². The SMILES string of the molecule is COC(=O)c1sc2nc(-c3ccccc3)nc(N=CN(C)C)c2c1C. The standard InChI is InChI=1S/C18H18N4O2S/c1-11-13-16(19-10-22(2)3)20-15(12-8-6-5-7-9-12)21-17(13)25-14(11)18(23)24-4/h5-10H,1-4H3. The normalized spacial score (nSPS) is 11.2. The first-order chi connectivity index (χ1) is 12.0. The van der Waals surface area contributed by atoms with Crippen LogP contribution in [0.15, 0.2) is 35.3 Å². The molecule has 0 radical (unpaired) electrons. The lowest BCUT2D eigenvalue weighted by molar-refractivity contribution is 0.0605. The van der Waals surface area contributed by atoms with E-state index in [9.17, 15) is 4.79 Å². The molecule has 0 aliphatic rings. The number of carbonyl (C=O) groups excluding carboxylic acids is 1. The largest absolute Gasteiger partial charge is 0.465 e. The fourth-order valence-corrected chi connectivity index (χ4v) is 3.48. The second-order valence-electron chi connectivity index (χ2n) is 5.67. The lowest BCUT2D eigenvalue weighted by Crippen LogP contribution is -2.07. The molecule has 2 aromatic heterocycles. The van der Waals surface area contributed by atoms with Crippen molar-refractivity contribution in [2.75, 3.05) is 21.2 Å². The van der Waals surface area contributed by atoms with Gasteiger partial charge in [-0.25, -0.2) is 19.8 Å². The van der Waals surface area contributed by atoms with E-state index in [0.717, 1.165) is 21.3 Å². The maximum Gasteiger partial charge on any atom is 0.348 e. The lowest BCUT2D eigenvalue weighted by Gasteiger charge is -2.06. The van der Waals surface area contributed by atoms with Crippen molar-refractivity contribution in [3.8, 4) is 11.4 Å². The Labute approximate surface area is 149 Å². The van der Waals surface area contributed by atoms with Gasteiger partial charge in [0.05, 0.1) is 18.8 Å². The van der Waals surface area contributed by atoms with Crippen LogP contribution in [0, 0.1) is 6.92 Å². The minimum atomic E-state index is -0.371. The summed E-state index contributed by atoms with van der Waals surface area (Å²) in [5, 5.41) is 0.781. The Morgan fingerprint density at radius 3 is 2.60 bits per heavy atom. The highest BCUT2D eigenvalue weighted by Gasteiger charge is 2.21. The molecule has 128 valence electrons. The van der Waals surface area contributed by atoms with Gasteiger partial charge in [-0.2, -0.15) is 0 Å². The topological polar surface area (TPSA) is 67.7 Å². The van der Waals surface area contributed by atoms with Gasteiger partial charge in [0, 0.05) is 19.7 Å². The fraction of sp³-hybridized carbons (Fsp3) is 0.222. The summed E-state index contributed by atoms with van der Waals surface area (Å²) in [6, 6.07) is 9.71. The molecule has 0 amide bonds. The maximum atomic E-state index is 12.0. The predicted molar refractivity (Wildman–Crippen MR) is 101 cm³/mol. The number of aliphatic imine (C=N–C) groups is 1. The van der Waals surface area contributed by atoms with Crippen molar-refractivity contribution in [2.24, 2.45) is 4.99 Å². The van der Waals surface area contributed by atoms with Crippen LogP contribution in [0.1, 0.15) is 15.2 Å². The molecule has 0 unspecified atom stereocenters. The van der Waals surface area contributed by atoms with Crippen molar-refractivity contribution in [3.05, 3.63) is 40.8 Å². The summed E-state index contributed by atoms with van der Waals surface area (Å²) >= 11 is 1.30. The third kappa shape index (κ3) is 3.36. The molecule has 0 aliphatic carbocycles. The molecular weight excluding hydrogens is 336 g/mol. The zero-order valence-electron chi connectivity index (χ0n) is 14.5. The number of benzene rings is 1. The molecule has 0 saturated heterocycles. The van der Waals surface area contributed by atoms with Gasteiger partial charge in [-0.3, -0.25) is 0 Å². The molecule has 3 rings (SSSR count). The Kier molecular flexibility index (Phi) is 4.76. The molecule has 0 aliphatic heterocycles. The van der Waals surface area contributed by atoms with E-state index in [-0.39, 0.29) is 5.97 Å². The van der Waals surface area contributed by atoms with Crippen molar-refractivity contribution in [1.29, 1.82) is 0 Å². The molecule has 0 spiro atoms. The zero-order valence-corrected chi connectivity index (χ0v) is 15.3. The molecule has 0 fully saturated rings. The number of ether oxygens (including phenoxy) is 1. The summed E-state index contributed by atoms with van der Waals surface area (Å²) in [7, 11) is 5.15.